The van der Waals surface area contributed by atoms with Crippen molar-refractivity contribution in [2.45, 2.75) is 26.3 Å². The minimum absolute atomic E-state index is 0.175. The maximum atomic E-state index is 10.8. The van der Waals surface area contributed by atoms with Gasteiger partial charge in [0.25, 0.3) is 5.69 Å². The fraction of sp³-hybridized carbons (Fsp3) is 0.385. The summed E-state index contributed by atoms with van der Waals surface area (Å²) in [6.45, 7) is 3.83. The Bertz CT molecular complexity index is 427. The van der Waals surface area contributed by atoms with E-state index in [1.807, 2.05) is 25.3 Å². The number of nitro groups is 1. The monoisotopic (exact) mass is 234 g/mol. The molecule has 1 aromatic carbocycles. The van der Waals surface area contributed by atoms with E-state index in [9.17, 15) is 10.1 Å². The second-order valence-corrected chi connectivity index (χ2v) is 4.13. The van der Waals surface area contributed by atoms with Gasteiger partial charge < -0.3 is 5.32 Å². The highest BCUT2D eigenvalue weighted by Gasteiger charge is 2.09. The van der Waals surface area contributed by atoms with E-state index < -0.39 is 0 Å². The third-order valence-electron chi connectivity index (χ3n) is 2.72. The number of nitro benzene ring substituents is 1. The second-order valence-electron chi connectivity index (χ2n) is 4.13. The van der Waals surface area contributed by atoms with Crippen molar-refractivity contribution in [3.63, 3.8) is 0 Å². The summed E-state index contributed by atoms with van der Waals surface area (Å²) >= 11 is 0. The van der Waals surface area contributed by atoms with Gasteiger partial charge in [0, 0.05) is 17.7 Å². The van der Waals surface area contributed by atoms with Crippen LogP contribution in [0.3, 0.4) is 0 Å². The first-order chi connectivity index (χ1) is 8.04. The molecule has 0 bridgehead atoms. The summed E-state index contributed by atoms with van der Waals surface area (Å²) in [4.78, 5) is 10.4. The van der Waals surface area contributed by atoms with Gasteiger partial charge in [-0.05, 0) is 32.9 Å². The molecular weight excluding hydrogens is 216 g/mol. The van der Waals surface area contributed by atoms with Gasteiger partial charge in [-0.3, -0.25) is 10.1 Å². The van der Waals surface area contributed by atoms with Crippen LogP contribution in [0.5, 0.6) is 0 Å². The highest BCUT2D eigenvalue weighted by molar-refractivity contribution is 5.55. The molecule has 4 nitrogen and oxygen atoms in total. The Morgan fingerprint density at radius 1 is 1.53 bits per heavy atom. The van der Waals surface area contributed by atoms with Crippen molar-refractivity contribution in [2.24, 2.45) is 0 Å². The summed E-state index contributed by atoms with van der Waals surface area (Å²) in [6.07, 6.45) is 4.84. The largest absolute Gasteiger partial charge is 0.317 e. The molecule has 1 N–H and O–H groups in total. The zero-order chi connectivity index (χ0) is 12.8. The SMILES string of the molecule is CNC(C)CC=Cc1ccc(C)c([N+](=O)[O-])c1. The smallest absolute Gasteiger partial charge is 0.272 e. The molecule has 0 saturated carbocycles. The summed E-state index contributed by atoms with van der Waals surface area (Å²) in [5, 5.41) is 13.9. The Balaban J connectivity index is 2.79. The van der Waals surface area contributed by atoms with Crippen LogP contribution in [0.15, 0.2) is 24.3 Å². The third-order valence-corrected chi connectivity index (χ3v) is 2.72. The minimum Gasteiger partial charge on any atom is -0.317 e. The van der Waals surface area contributed by atoms with Crippen LogP contribution in [-0.2, 0) is 0 Å². The molecule has 0 aliphatic carbocycles. The normalized spacial score (nSPS) is 12.9. The Morgan fingerprint density at radius 3 is 2.82 bits per heavy atom. The lowest BCUT2D eigenvalue weighted by Gasteiger charge is -2.05. The van der Waals surface area contributed by atoms with Crippen LogP contribution in [0.4, 0.5) is 5.69 Å². The highest BCUT2D eigenvalue weighted by atomic mass is 16.6. The Kier molecular flexibility index (Phi) is 4.84. The summed E-state index contributed by atoms with van der Waals surface area (Å²) in [7, 11) is 1.91. The van der Waals surface area contributed by atoms with E-state index in [1.54, 1.807) is 19.1 Å². The van der Waals surface area contributed by atoms with Gasteiger partial charge in [0.1, 0.15) is 0 Å². The molecule has 0 radical (unpaired) electrons. The number of nitrogens with one attached hydrogen (secondary N) is 1. The fourth-order valence-corrected chi connectivity index (χ4v) is 1.45. The summed E-state index contributed by atoms with van der Waals surface area (Å²) < 4.78 is 0. The number of hydrogen-bond donors (Lipinski definition) is 1. The topological polar surface area (TPSA) is 55.2 Å². The molecule has 0 saturated heterocycles. The van der Waals surface area contributed by atoms with Gasteiger partial charge in [-0.1, -0.05) is 24.3 Å². The van der Waals surface area contributed by atoms with Crippen molar-refractivity contribution in [3.8, 4) is 0 Å². The van der Waals surface area contributed by atoms with Crippen LogP contribution in [0, 0.1) is 17.0 Å². The molecule has 0 aromatic heterocycles. The van der Waals surface area contributed by atoms with E-state index >= 15 is 0 Å². The number of hydrogen-bond acceptors (Lipinski definition) is 3. The molecule has 0 spiro atoms. The zero-order valence-corrected chi connectivity index (χ0v) is 10.4. The lowest BCUT2D eigenvalue weighted by Crippen LogP contribution is -2.19. The Morgan fingerprint density at radius 2 is 2.24 bits per heavy atom. The predicted molar refractivity (Wildman–Crippen MR) is 70.0 cm³/mol. The standard InChI is InChI=1S/C13H18N2O2/c1-10-7-8-12(9-13(10)15(16)17)6-4-5-11(2)14-3/h4,6-9,11,14H,5H2,1-3H3. The first-order valence-corrected chi connectivity index (χ1v) is 5.63. The zero-order valence-electron chi connectivity index (χ0n) is 10.4. The van der Waals surface area contributed by atoms with Crippen LogP contribution >= 0.6 is 0 Å². The fourth-order valence-electron chi connectivity index (χ4n) is 1.45. The lowest BCUT2D eigenvalue weighted by atomic mass is 10.1. The van der Waals surface area contributed by atoms with Gasteiger partial charge in [-0.15, -0.1) is 0 Å². The first-order valence-electron chi connectivity index (χ1n) is 5.63. The second kappa shape index (κ2) is 6.15. The van der Waals surface area contributed by atoms with E-state index in [1.165, 1.54) is 0 Å². The lowest BCUT2D eigenvalue weighted by molar-refractivity contribution is -0.385. The number of aryl methyl sites for hydroxylation is 1. The number of nitrogens with zero attached hydrogens (tertiary/aromatic N) is 1. The number of rotatable bonds is 5. The molecular formula is C13H18N2O2. The molecule has 0 heterocycles. The van der Waals surface area contributed by atoms with Crippen LogP contribution < -0.4 is 5.32 Å². The van der Waals surface area contributed by atoms with Gasteiger partial charge in [-0.25, -0.2) is 0 Å². The van der Waals surface area contributed by atoms with Crippen molar-refractivity contribution >= 4 is 11.8 Å². The molecule has 92 valence electrons. The van der Waals surface area contributed by atoms with Crippen LogP contribution in [0.1, 0.15) is 24.5 Å². The summed E-state index contributed by atoms with van der Waals surface area (Å²) in [5.74, 6) is 0. The molecule has 17 heavy (non-hydrogen) atoms. The molecule has 0 aliphatic rings. The Hall–Kier alpha value is -1.68. The quantitative estimate of drug-likeness (QED) is 0.629. The predicted octanol–water partition coefficient (Wildman–Crippen LogP) is 2.91. The van der Waals surface area contributed by atoms with Gasteiger partial charge >= 0.3 is 0 Å². The van der Waals surface area contributed by atoms with E-state index in [0.29, 0.717) is 11.6 Å². The molecule has 0 fully saturated rings. The van der Waals surface area contributed by atoms with Crippen molar-refractivity contribution < 1.29 is 4.92 Å². The molecule has 1 unspecified atom stereocenters. The molecule has 1 aromatic rings. The maximum Gasteiger partial charge on any atom is 0.272 e. The minimum atomic E-state index is -0.344. The maximum absolute atomic E-state index is 10.8. The molecule has 1 atom stereocenters. The van der Waals surface area contributed by atoms with E-state index in [-0.39, 0.29) is 10.6 Å². The molecule has 0 amide bonds. The van der Waals surface area contributed by atoms with E-state index in [0.717, 1.165) is 12.0 Å². The van der Waals surface area contributed by atoms with Crippen LogP contribution in [0.2, 0.25) is 0 Å². The molecule has 1 rings (SSSR count). The van der Waals surface area contributed by atoms with Gasteiger partial charge in [0.2, 0.25) is 0 Å². The van der Waals surface area contributed by atoms with Crippen LogP contribution in [0.25, 0.3) is 6.08 Å². The average Bonchev–Trinajstić information content (AvgIpc) is 2.30. The van der Waals surface area contributed by atoms with Crippen LogP contribution in [-0.4, -0.2) is 18.0 Å². The van der Waals surface area contributed by atoms with Crippen molar-refractivity contribution in [1.82, 2.24) is 5.32 Å². The average molecular weight is 234 g/mol. The highest BCUT2D eigenvalue weighted by Crippen LogP contribution is 2.20. The summed E-state index contributed by atoms with van der Waals surface area (Å²) in [6, 6.07) is 5.68. The number of benzene rings is 1. The van der Waals surface area contributed by atoms with Gasteiger partial charge in [-0.2, -0.15) is 0 Å². The molecule has 0 aliphatic heterocycles. The van der Waals surface area contributed by atoms with Crippen molar-refractivity contribution in [2.75, 3.05) is 7.05 Å². The Labute approximate surface area is 101 Å². The van der Waals surface area contributed by atoms with Crippen molar-refractivity contribution in [1.29, 1.82) is 0 Å². The molecule has 4 heteroatoms. The van der Waals surface area contributed by atoms with E-state index in [4.69, 9.17) is 0 Å². The first kappa shape index (κ1) is 13.4. The van der Waals surface area contributed by atoms with Gasteiger partial charge in [0.15, 0.2) is 0 Å². The summed E-state index contributed by atoms with van der Waals surface area (Å²) in [5.41, 5.74) is 1.73. The third kappa shape index (κ3) is 4.00. The van der Waals surface area contributed by atoms with Crippen molar-refractivity contribution in [3.05, 3.63) is 45.5 Å². The van der Waals surface area contributed by atoms with E-state index in [2.05, 4.69) is 12.2 Å². The van der Waals surface area contributed by atoms with Gasteiger partial charge in [0.05, 0.1) is 4.92 Å².